The molecule has 0 saturated carbocycles. The Bertz CT molecular complexity index is 263. The number of hydrogen-bond acceptors (Lipinski definition) is 3. The highest BCUT2D eigenvalue weighted by molar-refractivity contribution is 7.87. The van der Waals surface area contributed by atoms with E-state index in [9.17, 15) is 8.42 Å². The summed E-state index contributed by atoms with van der Waals surface area (Å²) in [5, 5.41) is 0. The second-order valence-electron chi connectivity index (χ2n) is 3.64. The highest BCUT2D eigenvalue weighted by Gasteiger charge is 2.25. The molecule has 0 amide bonds. The van der Waals surface area contributed by atoms with Crippen molar-refractivity contribution in [1.29, 1.82) is 0 Å². The fourth-order valence-electron chi connectivity index (χ4n) is 1.44. The zero-order valence-electron chi connectivity index (χ0n) is 8.98. The first-order valence-corrected chi connectivity index (χ1v) is 6.50. The minimum absolute atomic E-state index is 0. The summed E-state index contributed by atoms with van der Waals surface area (Å²) >= 11 is 0. The highest BCUT2D eigenvalue weighted by Crippen LogP contribution is 2.11. The van der Waals surface area contributed by atoms with Crippen LogP contribution in [0.4, 0.5) is 0 Å². The van der Waals surface area contributed by atoms with Gasteiger partial charge in [-0.05, 0) is 19.3 Å². The lowest BCUT2D eigenvalue weighted by atomic mass is 10.1. The average Bonchev–Trinajstić information content (AvgIpc) is 2.16. The number of hydrogen-bond donors (Lipinski definition) is 2. The van der Waals surface area contributed by atoms with Crippen LogP contribution >= 0.6 is 12.4 Å². The maximum Gasteiger partial charge on any atom is 0.279 e. The zero-order chi connectivity index (χ0) is 10.6. The Hall–Kier alpha value is 0.120. The summed E-state index contributed by atoms with van der Waals surface area (Å²) in [7, 11) is -3.24. The Balaban J connectivity index is 0.00000196. The van der Waals surface area contributed by atoms with Gasteiger partial charge < -0.3 is 5.73 Å². The molecule has 1 aliphatic heterocycles. The van der Waals surface area contributed by atoms with Crippen LogP contribution in [0.1, 0.15) is 26.2 Å². The summed E-state index contributed by atoms with van der Waals surface area (Å²) < 4.78 is 27.3. The van der Waals surface area contributed by atoms with Gasteiger partial charge in [0.2, 0.25) is 0 Å². The molecular weight excluding hydrogens is 238 g/mol. The molecule has 0 spiro atoms. The van der Waals surface area contributed by atoms with E-state index in [1.807, 2.05) is 6.92 Å². The van der Waals surface area contributed by atoms with Gasteiger partial charge in [-0.3, -0.25) is 0 Å². The molecule has 1 fully saturated rings. The first-order chi connectivity index (χ1) is 6.56. The molecule has 0 aromatic rings. The van der Waals surface area contributed by atoms with Gasteiger partial charge in [-0.25, -0.2) is 4.72 Å². The Labute approximate surface area is 98.0 Å². The van der Waals surface area contributed by atoms with E-state index in [-0.39, 0.29) is 18.4 Å². The van der Waals surface area contributed by atoms with Crippen molar-refractivity contribution in [2.75, 3.05) is 19.6 Å². The first kappa shape index (κ1) is 15.1. The van der Waals surface area contributed by atoms with Crippen LogP contribution in [0, 0.1) is 0 Å². The van der Waals surface area contributed by atoms with Gasteiger partial charge in [-0.1, -0.05) is 6.92 Å². The molecule has 0 unspecified atom stereocenters. The molecule has 5 nitrogen and oxygen atoms in total. The number of nitrogens with two attached hydrogens (primary N) is 1. The van der Waals surface area contributed by atoms with Gasteiger partial charge in [-0.2, -0.15) is 12.7 Å². The van der Waals surface area contributed by atoms with Crippen molar-refractivity contribution < 1.29 is 8.42 Å². The van der Waals surface area contributed by atoms with Crippen LogP contribution in [0.25, 0.3) is 0 Å². The molecule has 0 aromatic carbocycles. The average molecular weight is 258 g/mol. The molecule has 0 aromatic heterocycles. The fourth-order valence-corrected chi connectivity index (χ4v) is 2.77. The number of rotatable bonds is 4. The Morgan fingerprint density at radius 2 is 1.93 bits per heavy atom. The Morgan fingerprint density at radius 3 is 2.40 bits per heavy atom. The Kier molecular flexibility index (Phi) is 6.70. The predicted octanol–water partition coefficient (Wildman–Crippen LogP) is 0.0757. The standard InChI is InChI=1S/C8H19N3O2S.ClH/c1-2-5-10-14(12,13)11-6-3-8(9)4-7-11;/h8,10H,2-7,9H2,1H3;1H. The third-order valence-electron chi connectivity index (χ3n) is 2.37. The minimum Gasteiger partial charge on any atom is -0.328 e. The van der Waals surface area contributed by atoms with E-state index in [0.717, 1.165) is 19.3 Å². The van der Waals surface area contributed by atoms with Crippen LogP contribution in [0.5, 0.6) is 0 Å². The fraction of sp³-hybridized carbons (Fsp3) is 1.00. The van der Waals surface area contributed by atoms with E-state index in [1.54, 1.807) is 0 Å². The van der Waals surface area contributed by atoms with Crippen molar-refractivity contribution in [3.63, 3.8) is 0 Å². The van der Waals surface area contributed by atoms with Crippen LogP contribution in [0.15, 0.2) is 0 Å². The lowest BCUT2D eigenvalue weighted by molar-refractivity contribution is 0.316. The molecule has 92 valence electrons. The molecule has 15 heavy (non-hydrogen) atoms. The lowest BCUT2D eigenvalue weighted by Crippen LogP contribution is -2.47. The number of halogens is 1. The van der Waals surface area contributed by atoms with Crippen LogP contribution in [0.3, 0.4) is 0 Å². The highest BCUT2D eigenvalue weighted by atomic mass is 35.5. The van der Waals surface area contributed by atoms with Crippen molar-refractivity contribution in [3.05, 3.63) is 0 Å². The summed E-state index contributed by atoms with van der Waals surface area (Å²) in [5.74, 6) is 0. The number of nitrogens with one attached hydrogen (secondary N) is 1. The second kappa shape index (κ2) is 6.65. The van der Waals surface area contributed by atoms with E-state index in [0.29, 0.717) is 19.6 Å². The molecular formula is C8H20ClN3O2S. The SMILES string of the molecule is CCCNS(=O)(=O)N1CCC(N)CC1.Cl. The molecule has 0 aliphatic carbocycles. The maximum atomic E-state index is 11.6. The quantitative estimate of drug-likeness (QED) is 0.749. The van der Waals surface area contributed by atoms with Crippen LogP contribution in [0.2, 0.25) is 0 Å². The normalized spacial score (nSPS) is 19.9. The molecule has 0 radical (unpaired) electrons. The number of piperidine rings is 1. The topological polar surface area (TPSA) is 75.4 Å². The van der Waals surface area contributed by atoms with Crippen LogP contribution in [-0.2, 0) is 10.2 Å². The first-order valence-electron chi connectivity index (χ1n) is 5.06. The molecule has 7 heteroatoms. The zero-order valence-corrected chi connectivity index (χ0v) is 10.6. The molecule has 1 aliphatic rings. The predicted molar refractivity (Wildman–Crippen MR) is 63.2 cm³/mol. The lowest BCUT2D eigenvalue weighted by Gasteiger charge is -2.29. The largest absolute Gasteiger partial charge is 0.328 e. The summed E-state index contributed by atoms with van der Waals surface area (Å²) in [6, 6.07) is 0.160. The van der Waals surface area contributed by atoms with Gasteiger partial charge in [0, 0.05) is 25.7 Å². The van der Waals surface area contributed by atoms with Gasteiger partial charge in [-0.15, -0.1) is 12.4 Å². The van der Waals surface area contributed by atoms with Gasteiger partial charge >= 0.3 is 0 Å². The monoisotopic (exact) mass is 257 g/mol. The number of nitrogens with zero attached hydrogens (tertiary/aromatic N) is 1. The summed E-state index contributed by atoms with van der Waals surface area (Å²) in [5.41, 5.74) is 5.70. The van der Waals surface area contributed by atoms with Crippen molar-refractivity contribution in [2.45, 2.75) is 32.2 Å². The van der Waals surface area contributed by atoms with Crippen molar-refractivity contribution in [3.8, 4) is 0 Å². The molecule has 1 heterocycles. The maximum absolute atomic E-state index is 11.6. The molecule has 1 saturated heterocycles. The summed E-state index contributed by atoms with van der Waals surface area (Å²) in [6.07, 6.45) is 2.33. The van der Waals surface area contributed by atoms with Crippen molar-refractivity contribution in [2.24, 2.45) is 5.73 Å². The van der Waals surface area contributed by atoms with E-state index < -0.39 is 10.2 Å². The second-order valence-corrected chi connectivity index (χ2v) is 5.39. The van der Waals surface area contributed by atoms with E-state index >= 15 is 0 Å². The molecule has 3 N–H and O–H groups in total. The molecule has 1 rings (SSSR count). The van der Waals surface area contributed by atoms with Gasteiger partial charge in [0.25, 0.3) is 10.2 Å². The third-order valence-corrected chi connectivity index (χ3v) is 3.99. The van der Waals surface area contributed by atoms with Crippen LogP contribution < -0.4 is 10.5 Å². The van der Waals surface area contributed by atoms with E-state index in [4.69, 9.17) is 5.73 Å². The minimum atomic E-state index is -3.24. The molecule has 0 atom stereocenters. The van der Waals surface area contributed by atoms with Gasteiger partial charge in [0.1, 0.15) is 0 Å². The van der Waals surface area contributed by atoms with Gasteiger partial charge in [0.05, 0.1) is 0 Å². The third kappa shape index (κ3) is 4.65. The smallest absolute Gasteiger partial charge is 0.279 e. The van der Waals surface area contributed by atoms with Crippen molar-refractivity contribution in [1.82, 2.24) is 9.03 Å². The summed E-state index contributed by atoms with van der Waals surface area (Å²) in [6.45, 7) is 3.53. The van der Waals surface area contributed by atoms with Crippen LogP contribution in [-0.4, -0.2) is 38.4 Å². The van der Waals surface area contributed by atoms with E-state index in [2.05, 4.69) is 4.72 Å². The molecule has 0 bridgehead atoms. The Morgan fingerprint density at radius 1 is 1.40 bits per heavy atom. The van der Waals surface area contributed by atoms with E-state index in [1.165, 1.54) is 4.31 Å². The van der Waals surface area contributed by atoms with Crippen molar-refractivity contribution >= 4 is 22.6 Å². The van der Waals surface area contributed by atoms with Gasteiger partial charge in [0.15, 0.2) is 0 Å². The summed E-state index contributed by atoms with van der Waals surface area (Å²) in [4.78, 5) is 0.